The van der Waals surface area contributed by atoms with E-state index < -0.39 is 20.5 Å². The van der Waals surface area contributed by atoms with Gasteiger partial charge in [0.05, 0.1) is 18.4 Å². The number of rotatable bonds is 10. The Morgan fingerprint density at radius 2 is 1.97 bits per heavy atom. The normalized spacial score (nSPS) is 13.2. The van der Waals surface area contributed by atoms with E-state index in [-0.39, 0.29) is 25.0 Å². The highest BCUT2D eigenvalue weighted by Crippen LogP contribution is 2.38. The third-order valence-corrected chi connectivity index (χ3v) is 5.25. The van der Waals surface area contributed by atoms with Crippen LogP contribution in [0.5, 0.6) is 11.5 Å². The molecule has 0 saturated heterocycles. The fraction of sp³-hybridized carbons (Fsp3) is 0.400. The van der Waals surface area contributed by atoms with E-state index in [4.69, 9.17) is 19.5 Å². The highest BCUT2D eigenvalue weighted by Gasteiger charge is 2.24. The molecular formula is C20H28N3O5P. The molecule has 2 aromatic rings. The minimum absolute atomic E-state index is 0.0590. The van der Waals surface area contributed by atoms with Crippen LogP contribution in [0.25, 0.3) is 0 Å². The van der Waals surface area contributed by atoms with Crippen molar-refractivity contribution < 1.29 is 23.7 Å². The molecule has 4 N–H and O–H groups in total. The van der Waals surface area contributed by atoms with Gasteiger partial charge in [0.15, 0.2) is 0 Å². The first-order chi connectivity index (χ1) is 13.8. The van der Waals surface area contributed by atoms with Gasteiger partial charge in [-0.25, -0.2) is 5.09 Å². The number of aryl methyl sites for hydroxylation is 1. The molecule has 9 heteroatoms. The monoisotopic (exact) mass is 421 g/mol. The second-order valence-electron chi connectivity index (χ2n) is 6.67. The van der Waals surface area contributed by atoms with E-state index in [0.29, 0.717) is 22.6 Å². The molecular weight excluding hydrogens is 393 g/mol. The van der Waals surface area contributed by atoms with Gasteiger partial charge in [0.2, 0.25) is 0 Å². The smallest absolute Gasteiger partial charge is 0.323 e. The summed E-state index contributed by atoms with van der Waals surface area (Å²) in [5.74, 6) is 0.258. The molecule has 0 bridgehead atoms. The highest BCUT2D eigenvalue weighted by molar-refractivity contribution is 7.45. The third-order valence-electron chi connectivity index (χ3n) is 3.91. The van der Waals surface area contributed by atoms with Gasteiger partial charge in [-0.05, 0) is 39.8 Å². The highest BCUT2D eigenvalue weighted by atomic mass is 31.2. The summed E-state index contributed by atoms with van der Waals surface area (Å²) in [6.45, 7) is 7.21. The fourth-order valence-electron chi connectivity index (χ4n) is 2.38. The van der Waals surface area contributed by atoms with E-state index in [0.717, 1.165) is 0 Å². The van der Waals surface area contributed by atoms with Gasteiger partial charge in [-0.3, -0.25) is 9.78 Å². The molecule has 0 saturated carbocycles. The number of nitrogens with one attached hydrogen (secondary N) is 1. The minimum atomic E-state index is -1.69. The number of hydrogen-bond acceptors (Lipinski definition) is 8. The van der Waals surface area contributed by atoms with Gasteiger partial charge >= 0.3 is 14.5 Å². The van der Waals surface area contributed by atoms with E-state index in [9.17, 15) is 9.90 Å². The molecule has 1 heterocycles. The summed E-state index contributed by atoms with van der Waals surface area (Å²) in [4.78, 5) is 16.3. The maximum absolute atomic E-state index is 12.2. The third kappa shape index (κ3) is 6.94. The van der Waals surface area contributed by atoms with Gasteiger partial charge in [0, 0.05) is 23.9 Å². The van der Waals surface area contributed by atoms with Crippen LogP contribution in [0.3, 0.4) is 0 Å². The topological polar surface area (TPSA) is 116 Å². The summed E-state index contributed by atoms with van der Waals surface area (Å²) in [6.07, 6.45) is 1.40. The van der Waals surface area contributed by atoms with Gasteiger partial charge in [-0.1, -0.05) is 18.2 Å². The van der Waals surface area contributed by atoms with E-state index in [2.05, 4.69) is 10.1 Å². The standard InChI is InChI=1S/C20H28N3O5P/c1-13(2)27-20(25)15(4)23-29(28-17-8-6-5-7-9-17)26-12-16-11-22-14(3)19(24)18(16)10-21/h5-9,11,13,15,23-24H,10,12,21H2,1-4H3. The van der Waals surface area contributed by atoms with Crippen molar-refractivity contribution in [1.29, 1.82) is 0 Å². The Labute approximate surface area is 172 Å². The lowest BCUT2D eigenvalue weighted by Gasteiger charge is -2.23. The summed E-state index contributed by atoms with van der Waals surface area (Å²) in [6, 6.07) is 8.51. The van der Waals surface area contributed by atoms with Crippen LogP contribution in [0.15, 0.2) is 36.5 Å². The Hall–Kier alpha value is -2.25. The summed E-state index contributed by atoms with van der Waals surface area (Å²) < 4.78 is 17.0. The van der Waals surface area contributed by atoms with Crippen LogP contribution in [0, 0.1) is 6.92 Å². The summed E-state index contributed by atoms with van der Waals surface area (Å²) in [5, 5.41) is 13.2. The zero-order valence-electron chi connectivity index (χ0n) is 17.1. The number of nitrogens with two attached hydrogens (primary N) is 1. The molecule has 0 spiro atoms. The second kappa shape index (κ2) is 11.1. The van der Waals surface area contributed by atoms with Crippen LogP contribution in [0.1, 0.15) is 37.6 Å². The van der Waals surface area contributed by atoms with Crippen molar-refractivity contribution in [3.63, 3.8) is 0 Å². The van der Waals surface area contributed by atoms with E-state index >= 15 is 0 Å². The van der Waals surface area contributed by atoms with E-state index in [1.54, 1.807) is 46.0 Å². The average Bonchev–Trinajstić information content (AvgIpc) is 2.68. The molecule has 8 nitrogen and oxygen atoms in total. The second-order valence-corrected chi connectivity index (χ2v) is 7.88. The number of carbonyl (C=O) groups is 1. The number of carbonyl (C=O) groups excluding carboxylic acids is 1. The van der Waals surface area contributed by atoms with Crippen LogP contribution in [-0.4, -0.2) is 28.2 Å². The first-order valence-electron chi connectivity index (χ1n) is 9.31. The quantitative estimate of drug-likeness (QED) is 0.395. The number of pyridine rings is 1. The van der Waals surface area contributed by atoms with E-state index in [1.165, 1.54) is 0 Å². The maximum Gasteiger partial charge on any atom is 0.323 e. The minimum Gasteiger partial charge on any atom is -0.506 e. The summed E-state index contributed by atoms with van der Waals surface area (Å²) in [7, 11) is -1.69. The number of benzene rings is 1. The van der Waals surface area contributed by atoms with Crippen molar-refractivity contribution in [3.05, 3.63) is 53.3 Å². The lowest BCUT2D eigenvalue weighted by Crippen LogP contribution is -2.34. The van der Waals surface area contributed by atoms with Gasteiger partial charge in [-0.15, -0.1) is 0 Å². The van der Waals surface area contributed by atoms with Gasteiger partial charge in [0.25, 0.3) is 0 Å². The Kier molecular flexibility index (Phi) is 8.79. The van der Waals surface area contributed by atoms with Crippen LogP contribution in [-0.2, 0) is 27.2 Å². The molecule has 0 fully saturated rings. The number of esters is 1. The van der Waals surface area contributed by atoms with Crippen molar-refractivity contribution in [3.8, 4) is 11.5 Å². The van der Waals surface area contributed by atoms with Crippen molar-refractivity contribution in [2.24, 2.45) is 5.73 Å². The Bertz CT molecular complexity index is 804. The first-order valence-corrected chi connectivity index (χ1v) is 10.5. The molecule has 1 aromatic heterocycles. The average molecular weight is 421 g/mol. The molecule has 0 radical (unpaired) electrons. The predicted molar refractivity (Wildman–Crippen MR) is 111 cm³/mol. The molecule has 2 rings (SSSR count). The number of ether oxygens (including phenoxy) is 1. The number of para-hydroxylation sites is 1. The predicted octanol–water partition coefficient (Wildman–Crippen LogP) is 3.31. The molecule has 1 aromatic carbocycles. The van der Waals surface area contributed by atoms with Crippen LogP contribution < -0.4 is 15.3 Å². The molecule has 2 atom stereocenters. The van der Waals surface area contributed by atoms with Gasteiger partial charge in [0.1, 0.15) is 17.5 Å². The van der Waals surface area contributed by atoms with Crippen molar-refractivity contribution >= 4 is 14.5 Å². The summed E-state index contributed by atoms with van der Waals surface area (Å²) >= 11 is 0. The van der Waals surface area contributed by atoms with E-state index in [1.807, 2.05) is 18.2 Å². The maximum atomic E-state index is 12.2. The fourth-order valence-corrected chi connectivity index (χ4v) is 3.55. The van der Waals surface area contributed by atoms with Gasteiger partial charge < -0.3 is 24.6 Å². The number of aromatic nitrogens is 1. The Balaban J connectivity index is 2.13. The molecule has 158 valence electrons. The zero-order chi connectivity index (χ0) is 21.4. The zero-order valence-corrected chi connectivity index (χ0v) is 18.0. The first kappa shape index (κ1) is 23.0. The van der Waals surface area contributed by atoms with Crippen LogP contribution >= 0.6 is 8.53 Å². The Morgan fingerprint density at radius 3 is 2.59 bits per heavy atom. The lowest BCUT2D eigenvalue weighted by molar-refractivity contribution is -0.149. The lowest BCUT2D eigenvalue weighted by atomic mass is 10.1. The molecule has 0 aliphatic carbocycles. The van der Waals surface area contributed by atoms with Crippen molar-refractivity contribution in [2.45, 2.75) is 53.0 Å². The number of hydrogen-bond donors (Lipinski definition) is 3. The van der Waals surface area contributed by atoms with Crippen molar-refractivity contribution in [1.82, 2.24) is 10.1 Å². The van der Waals surface area contributed by atoms with Crippen molar-refractivity contribution in [2.75, 3.05) is 0 Å². The summed E-state index contributed by atoms with van der Waals surface area (Å²) in [5.41, 5.74) is 7.49. The number of nitrogens with zero attached hydrogens (tertiary/aromatic N) is 1. The molecule has 2 unspecified atom stereocenters. The Morgan fingerprint density at radius 1 is 1.28 bits per heavy atom. The van der Waals surface area contributed by atoms with Crippen LogP contribution in [0.2, 0.25) is 0 Å². The molecule has 0 amide bonds. The number of aromatic hydroxyl groups is 1. The molecule has 0 aliphatic heterocycles. The van der Waals surface area contributed by atoms with Crippen LogP contribution in [0.4, 0.5) is 0 Å². The largest absolute Gasteiger partial charge is 0.506 e. The van der Waals surface area contributed by atoms with Gasteiger partial charge in [-0.2, -0.15) is 0 Å². The molecule has 0 aliphatic rings. The molecule has 29 heavy (non-hydrogen) atoms. The SMILES string of the molecule is Cc1ncc(COP(NC(C)C(=O)OC(C)C)Oc2ccccc2)c(CN)c1O.